The second kappa shape index (κ2) is 10.1. The zero-order chi connectivity index (χ0) is 21.8. The number of benzene rings is 1. The molecule has 5 nitrogen and oxygen atoms in total. The first kappa shape index (κ1) is 21.5. The minimum Gasteiger partial charge on any atom is -0.349 e. The van der Waals surface area contributed by atoms with Gasteiger partial charge in [0.15, 0.2) is 0 Å². The van der Waals surface area contributed by atoms with Gasteiger partial charge >= 0.3 is 0 Å². The first-order chi connectivity index (χ1) is 15.7. The molecule has 5 rings (SSSR count). The molecule has 6 heteroatoms. The molecule has 1 N–H and O–H groups in total. The van der Waals surface area contributed by atoms with Crippen molar-refractivity contribution >= 4 is 23.3 Å². The van der Waals surface area contributed by atoms with Crippen molar-refractivity contribution < 1.29 is 4.79 Å². The Morgan fingerprint density at radius 2 is 1.81 bits per heavy atom. The summed E-state index contributed by atoms with van der Waals surface area (Å²) >= 11 is 1.68. The minimum atomic E-state index is 0.0531. The van der Waals surface area contributed by atoms with Crippen LogP contribution in [0.15, 0.2) is 59.8 Å². The fraction of sp³-hybridized carbons (Fsp3) is 0.462. The zero-order valence-corrected chi connectivity index (χ0v) is 19.4. The smallest absolute Gasteiger partial charge is 0.252 e. The van der Waals surface area contributed by atoms with E-state index in [1.165, 1.54) is 32.2 Å². The van der Waals surface area contributed by atoms with Gasteiger partial charge in [-0.2, -0.15) is 0 Å². The number of piperidine rings is 1. The maximum absolute atomic E-state index is 13.1. The SMILES string of the molecule is O=C(NC1CCN(CC2CCCC2)CC1)c1ccccc1SCc1cn2ccccc2n1. The summed E-state index contributed by atoms with van der Waals surface area (Å²) in [6, 6.07) is 14.2. The number of imidazole rings is 1. The maximum atomic E-state index is 13.1. The molecule has 168 valence electrons. The van der Waals surface area contributed by atoms with E-state index in [0.717, 1.165) is 59.4 Å². The number of nitrogens with one attached hydrogen (secondary N) is 1. The van der Waals surface area contributed by atoms with Crippen LogP contribution in [0.5, 0.6) is 0 Å². The van der Waals surface area contributed by atoms with Crippen LogP contribution in [-0.2, 0) is 5.75 Å². The van der Waals surface area contributed by atoms with Crippen molar-refractivity contribution in [1.29, 1.82) is 0 Å². The third-order valence-electron chi connectivity index (χ3n) is 6.84. The normalized spacial score (nSPS) is 18.4. The van der Waals surface area contributed by atoms with Gasteiger partial charge in [-0.15, -0.1) is 11.8 Å². The Morgan fingerprint density at radius 3 is 2.62 bits per heavy atom. The molecule has 3 heterocycles. The average molecular weight is 449 g/mol. The molecule has 1 saturated carbocycles. The molecular weight excluding hydrogens is 416 g/mol. The molecule has 1 aromatic carbocycles. The van der Waals surface area contributed by atoms with E-state index in [-0.39, 0.29) is 11.9 Å². The van der Waals surface area contributed by atoms with E-state index in [9.17, 15) is 4.79 Å². The summed E-state index contributed by atoms with van der Waals surface area (Å²) < 4.78 is 2.04. The molecule has 32 heavy (non-hydrogen) atoms. The minimum absolute atomic E-state index is 0.0531. The summed E-state index contributed by atoms with van der Waals surface area (Å²) in [5, 5.41) is 3.31. The number of likely N-dealkylation sites (tertiary alicyclic amines) is 1. The molecule has 1 aliphatic carbocycles. The number of rotatable bonds is 7. The topological polar surface area (TPSA) is 49.6 Å². The van der Waals surface area contributed by atoms with Crippen molar-refractivity contribution in [3.05, 3.63) is 66.1 Å². The first-order valence-electron chi connectivity index (χ1n) is 11.9. The molecule has 1 amide bonds. The van der Waals surface area contributed by atoms with E-state index < -0.39 is 0 Å². The molecule has 2 fully saturated rings. The van der Waals surface area contributed by atoms with E-state index in [1.54, 1.807) is 11.8 Å². The van der Waals surface area contributed by atoms with Crippen molar-refractivity contribution in [2.24, 2.45) is 5.92 Å². The van der Waals surface area contributed by atoms with Crippen molar-refractivity contribution in [2.45, 2.75) is 55.2 Å². The summed E-state index contributed by atoms with van der Waals surface area (Å²) in [6.45, 7) is 3.46. The van der Waals surface area contributed by atoms with Gasteiger partial charge in [-0.05, 0) is 55.9 Å². The van der Waals surface area contributed by atoms with Crippen molar-refractivity contribution in [1.82, 2.24) is 19.6 Å². The molecule has 1 saturated heterocycles. The molecule has 2 aliphatic rings. The Hall–Kier alpha value is -2.31. The van der Waals surface area contributed by atoms with Crippen molar-refractivity contribution in [3.8, 4) is 0 Å². The van der Waals surface area contributed by atoms with Gasteiger partial charge in [-0.1, -0.05) is 31.0 Å². The fourth-order valence-corrected chi connectivity index (χ4v) is 6.00. The molecule has 0 unspecified atom stereocenters. The highest BCUT2D eigenvalue weighted by atomic mass is 32.2. The molecule has 0 atom stereocenters. The van der Waals surface area contributed by atoms with E-state index in [2.05, 4.69) is 21.4 Å². The third kappa shape index (κ3) is 5.18. The molecule has 1 aliphatic heterocycles. The lowest BCUT2D eigenvalue weighted by Gasteiger charge is -2.34. The predicted octanol–water partition coefficient (Wildman–Crippen LogP) is 5.01. The molecule has 0 radical (unpaired) electrons. The Labute approximate surface area is 194 Å². The van der Waals surface area contributed by atoms with Gasteiger partial charge in [0.2, 0.25) is 0 Å². The van der Waals surface area contributed by atoms with Gasteiger partial charge in [-0.3, -0.25) is 4.79 Å². The lowest BCUT2D eigenvalue weighted by Crippen LogP contribution is -2.45. The second-order valence-electron chi connectivity index (χ2n) is 9.18. The number of nitrogens with zero attached hydrogens (tertiary/aromatic N) is 3. The van der Waals surface area contributed by atoms with Gasteiger partial charge in [0.1, 0.15) is 5.65 Å². The predicted molar refractivity (Wildman–Crippen MR) is 130 cm³/mol. The number of hydrogen-bond donors (Lipinski definition) is 1. The van der Waals surface area contributed by atoms with Crippen LogP contribution < -0.4 is 5.32 Å². The summed E-state index contributed by atoms with van der Waals surface area (Å²) in [7, 11) is 0. The van der Waals surface area contributed by atoms with Crippen LogP contribution >= 0.6 is 11.8 Å². The van der Waals surface area contributed by atoms with Gasteiger partial charge in [0.25, 0.3) is 5.91 Å². The van der Waals surface area contributed by atoms with E-state index in [1.807, 2.05) is 53.1 Å². The Bertz CT molecular complexity index is 1020. The molecule has 2 aromatic heterocycles. The van der Waals surface area contributed by atoms with E-state index in [4.69, 9.17) is 0 Å². The molecular formula is C26H32N4OS. The number of aromatic nitrogens is 2. The van der Waals surface area contributed by atoms with Gasteiger partial charge in [0, 0.05) is 48.7 Å². The number of carbonyl (C=O) groups is 1. The quantitative estimate of drug-likeness (QED) is 0.516. The van der Waals surface area contributed by atoms with Crippen LogP contribution in [0, 0.1) is 5.92 Å². The highest BCUT2D eigenvalue weighted by Crippen LogP contribution is 2.28. The Kier molecular flexibility index (Phi) is 6.79. The highest BCUT2D eigenvalue weighted by Gasteiger charge is 2.25. The van der Waals surface area contributed by atoms with Crippen LogP contribution in [0.2, 0.25) is 0 Å². The van der Waals surface area contributed by atoms with Crippen LogP contribution in [0.25, 0.3) is 5.65 Å². The second-order valence-corrected chi connectivity index (χ2v) is 10.2. The third-order valence-corrected chi connectivity index (χ3v) is 7.94. The summed E-state index contributed by atoms with van der Waals surface area (Å²) in [6.07, 6.45) is 11.8. The lowest BCUT2D eigenvalue weighted by atomic mass is 10.0. The van der Waals surface area contributed by atoms with Gasteiger partial charge in [0.05, 0.1) is 11.3 Å². The van der Waals surface area contributed by atoms with Crippen LogP contribution in [0.1, 0.15) is 54.6 Å². The highest BCUT2D eigenvalue weighted by molar-refractivity contribution is 7.98. The molecule has 0 spiro atoms. The molecule has 3 aromatic rings. The van der Waals surface area contributed by atoms with Crippen molar-refractivity contribution in [2.75, 3.05) is 19.6 Å². The Morgan fingerprint density at radius 1 is 1.03 bits per heavy atom. The Balaban J connectivity index is 1.16. The van der Waals surface area contributed by atoms with Crippen LogP contribution in [0.4, 0.5) is 0 Å². The van der Waals surface area contributed by atoms with Crippen LogP contribution in [-0.4, -0.2) is 45.9 Å². The number of carbonyl (C=O) groups excluding carboxylic acids is 1. The summed E-state index contributed by atoms with van der Waals surface area (Å²) in [5.74, 6) is 1.70. The van der Waals surface area contributed by atoms with E-state index >= 15 is 0 Å². The van der Waals surface area contributed by atoms with Crippen LogP contribution in [0.3, 0.4) is 0 Å². The number of pyridine rings is 1. The lowest BCUT2D eigenvalue weighted by molar-refractivity contribution is 0.0903. The number of thioether (sulfide) groups is 1. The first-order valence-corrected chi connectivity index (χ1v) is 12.9. The average Bonchev–Trinajstić information content (AvgIpc) is 3.48. The van der Waals surface area contributed by atoms with Crippen molar-refractivity contribution in [3.63, 3.8) is 0 Å². The largest absolute Gasteiger partial charge is 0.349 e. The fourth-order valence-electron chi connectivity index (χ4n) is 5.07. The maximum Gasteiger partial charge on any atom is 0.252 e. The summed E-state index contributed by atoms with van der Waals surface area (Å²) in [4.78, 5) is 21.4. The number of hydrogen-bond acceptors (Lipinski definition) is 4. The number of fused-ring (bicyclic) bond motifs is 1. The van der Waals surface area contributed by atoms with Gasteiger partial charge < -0.3 is 14.6 Å². The zero-order valence-electron chi connectivity index (χ0n) is 18.6. The number of amides is 1. The standard InChI is InChI=1S/C26H32N4OS/c31-26(28-21-12-15-29(16-13-21)17-20-7-1-2-8-20)23-9-3-4-10-24(23)32-19-22-18-30-14-6-5-11-25(30)27-22/h3-6,9-11,14,18,20-21H,1-2,7-8,12-13,15-17,19H2,(H,28,31). The summed E-state index contributed by atoms with van der Waals surface area (Å²) in [5.41, 5.74) is 2.74. The van der Waals surface area contributed by atoms with Gasteiger partial charge in [-0.25, -0.2) is 4.98 Å². The van der Waals surface area contributed by atoms with E-state index in [0.29, 0.717) is 0 Å². The monoisotopic (exact) mass is 448 g/mol. The molecule has 0 bridgehead atoms.